The molecule has 130 valence electrons. The molecule has 1 aliphatic heterocycles. The lowest BCUT2D eigenvalue weighted by Gasteiger charge is -2.27. The molecule has 0 aliphatic carbocycles. The van der Waals surface area contributed by atoms with Gasteiger partial charge in [-0.05, 0) is 50.2 Å². The first-order chi connectivity index (χ1) is 12.1. The van der Waals surface area contributed by atoms with Gasteiger partial charge in [0.2, 0.25) is 0 Å². The van der Waals surface area contributed by atoms with Gasteiger partial charge in [-0.3, -0.25) is 9.47 Å². The molecule has 0 spiro atoms. The van der Waals surface area contributed by atoms with Crippen LogP contribution in [-0.4, -0.2) is 37.8 Å². The van der Waals surface area contributed by atoms with E-state index in [9.17, 15) is 10.2 Å². The Labute approximate surface area is 151 Å². The molecule has 0 atom stereocenters. The summed E-state index contributed by atoms with van der Waals surface area (Å²) in [5.41, 5.74) is 1.79. The Morgan fingerprint density at radius 3 is 2.40 bits per heavy atom. The van der Waals surface area contributed by atoms with Crippen molar-refractivity contribution in [2.75, 3.05) is 13.1 Å². The molecular weight excluding hydrogens is 338 g/mol. The minimum absolute atomic E-state index is 0.350. The van der Waals surface area contributed by atoms with Crippen LogP contribution in [0.15, 0.2) is 48.5 Å². The Morgan fingerprint density at radius 1 is 1.00 bits per heavy atom. The van der Waals surface area contributed by atoms with Gasteiger partial charge in [0.25, 0.3) is 5.91 Å². The third-order valence-corrected chi connectivity index (χ3v) is 4.99. The number of rotatable bonds is 4. The minimum atomic E-state index is -2.20. The molecule has 0 saturated carbocycles. The first-order valence-electron chi connectivity index (χ1n) is 8.46. The molecule has 0 bridgehead atoms. The lowest BCUT2D eigenvalue weighted by atomic mass is 10.1. The van der Waals surface area contributed by atoms with Crippen LogP contribution in [-0.2, 0) is 12.5 Å². The van der Waals surface area contributed by atoms with E-state index in [2.05, 4.69) is 9.88 Å². The largest absolute Gasteiger partial charge is 0.345 e. The van der Waals surface area contributed by atoms with E-state index in [4.69, 9.17) is 11.6 Å². The third kappa shape index (κ3) is 3.04. The Hall–Kier alpha value is -1.92. The second-order valence-corrected chi connectivity index (χ2v) is 6.91. The number of likely N-dealkylation sites (tertiary alicyclic amines) is 1. The van der Waals surface area contributed by atoms with Crippen LogP contribution in [0.2, 0.25) is 5.02 Å². The van der Waals surface area contributed by atoms with Gasteiger partial charge in [0, 0.05) is 10.6 Å². The van der Waals surface area contributed by atoms with Crippen LogP contribution in [0.4, 0.5) is 0 Å². The highest BCUT2D eigenvalue weighted by atomic mass is 35.5. The van der Waals surface area contributed by atoms with Gasteiger partial charge < -0.3 is 10.2 Å². The molecule has 1 saturated heterocycles. The summed E-state index contributed by atoms with van der Waals surface area (Å²) >= 11 is 5.94. The van der Waals surface area contributed by atoms with Gasteiger partial charge in [0.15, 0.2) is 0 Å². The summed E-state index contributed by atoms with van der Waals surface area (Å²) in [6.07, 6.45) is 2.33. The van der Waals surface area contributed by atoms with Crippen molar-refractivity contribution in [1.29, 1.82) is 0 Å². The fraction of sp³-hybridized carbons (Fsp3) is 0.316. The molecular formula is C19H20ClN3O2. The molecule has 2 aromatic carbocycles. The zero-order valence-electron chi connectivity index (χ0n) is 13.8. The number of nitrogens with zero attached hydrogens (tertiary/aromatic N) is 3. The van der Waals surface area contributed by atoms with Crippen molar-refractivity contribution in [3.8, 4) is 0 Å². The number of hydrogen-bond donors (Lipinski definition) is 2. The standard InChI is InChI=1S/C19H20ClN3O2/c20-15-9-7-14(8-10-15)19(24,25)23-17-6-2-1-5-16(17)21-18(23)13-22-11-3-4-12-22/h1-2,5-10,24-25H,3-4,11-13H2. The number of aromatic nitrogens is 2. The summed E-state index contributed by atoms with van der Waals surface area (Å²) < 4.78 is 1.52. The highest BCUT2D eigenvalue weighted by molar-refractivity contribution is 6.30. The molecule has 2 heterocycles. The van der Waals surface area contributed by atoms with Crippen LogP contribution in [0.1, 0.15) is 24.2 Å². The van der Waals surface area contributed by atoms with Crippen molar-refractivity contribution in [3.05, 3.63) is 64.9 Å². The second-order valence-electron chi connectivity index (χ2n) is 6.48. The van der Waals surface area contributed by atoms with Crippen LogP contribution in [0.3, 0.4) is 0 Å². The van der Waals surface area contributed by atoms with Crippen molar-refractivity contribution in [3.63, 3.8) is 0 Å². The Kier molecular flexibility index (Phi) is 4.25. The maximum atomic E-state index is 11.0. The Morgan fingerprint density at radius 2 is 1.68 bits per heavy atom. The van der Waals surface area contributed by atoms with E-state index in [1.807, 2.05) is 24.3 Å². The Balaban J connectivity index is 1.84. The summed E-state index contributed by atoms with van der Waals surface area (Å²) in [7, 11) is 0. The second kappa shape index (κ2) is 6.42. The predicted molar refractivity (Wildman–Crippen MR) is 97.2 cm³/mol. The molecule has 1 fully saturated rings. The Bertz CT molecular complexity index is 883. The minimum Gasteiger partial charge on any atom is -0.345 e. The van der Waals surface area contributed by atoms with Crippen LogP contribution in [0.25, 0.3) is 11.0 Å². The number of halogens is 1. The number of fused-ring (bicyclic) bond motifs is 1. The average molecular weight is 358 g/mol. The zero-order chi connectivity index (χ0) is 17.4. The molecule has 4 rings (SSSR count). The van der Waals surface area contributed by atoms with Gasteiger partial charge in [-0.15, -0.1) is 0 Å². The normalized spacial score (nSPS) is 16.0. The number of imidazole rings is 1. The number of para-hydroxylation sites is 2. The SMILES string of the molecule is OC(O)(c1ccc(Cl)cc1)n1c(CN2CCCC2)nc2ccccc21. The van der Waals surface area contributed by atoms with Gasteiger partial charge in [-0.25, -0.2) is 4.98 Å². The van der Waals surface area contributed by atoms with Gasteiger partial charge in [0.05, 0.1) is 17.6 Å². The van der Waals surface area contributed by atoms with Crippen molar-refractivity contribution in [2.24, 2.45) is 0 Å². The van der Waals surface area contributed by atoms with Gasteiger partial charge in [-0.2, -0.15) is 0 Å². The smallest absolute Gasteiger partial charge is 0.280 e. The lowest BCUT2D eigenvalue weighted by Crippen LogP contribution is -2.37. The van der Waals surface area contributed by atoms with Crippen molar-refractivity contribution < 1.29 is 10.2 Å². The van der Waals surface area contributed by atoms with E-state index in [-0.39, 0.29) is 0 Å². The summed E-state index contributed by atoms with van der Waals surface area (Å²) in [6, 6.07) is 14.1. The van der Waals surface area contributed by atoms with Gasteiger partial charge in [-0.1, -0.05) is 35.9 Å². The number of benzene rings is 2. The van der Waals surface area contributed by atoms with Crippen LogP contribution >= 0.6 is 11.6 Å². The van der Waals surface area contributed by atoms with E-state index < -0.39 is 5.91 Å². The summed E-state index contributed by atoms with van der Waals surface area (Å²) in [5, 5.41) is 22.6. The van der Waals surface area contributed by atoms with Crippen LogP contribution in [0.5, 0.6) is 0 Å². The first-order valence-corrected chi connectivity index (χ1v) is 8.83. The predicted octanol–water partition coefficient (Wildman–Crippen LogP) is 2.93. The highest BCUT2D eigenvalue weighted by Crippen LogP contribution is 2.29. The van der Waals surface area contributed by atoms with E-state index in [0.717, 1.165) is 18.6 Å². The van der Waals surface area contributed by atoms with E-state index >= 15 is 0 Å². The number of aliphatic hydroxyl groups is 2. The molecule has 5 nitrogen and oxygen atoms in total. The van der Waals surface area contributed by atoms with Crippen molar-refractivity contribution in [1.82, 2.24) is 14.5 Å². The lowest BCUT2D eigenvalue weighted by molar-refractivity contribution is -0.191. The molecule has 3 aromatic rings. The number of hydrogen-bond acceptors (Lipinski definition) is 4. The maximum absolute atomic E-state index is 11.0. The maximum Gasteiger partial charge on any atom is 0.280 e. The monoisotopic (exact) mass is 357 g/mol. The first kappa shape index (κ1) is 16.5. The van der Waals surface area contributed by atoms with Crippen molar-refractivity contribution >= 4 is 22.6 Å². The summed E-state index contributed by atoms with van der Waals surface area (Å²) in [4.78, 5) is 6.95. The molecule has 25 heavy (non-hydrogen) atoms. The molecule has 0 radical (unpaired) electrons. The molecule has 1 aromatic heterocycles. The van der Waals surface area contributed by atoms with Gasteiger partial charge >= 0.3 is 0 Å². The summed E-state index contributed by atoms with van der Waals surface area (Å²) in [5.74, 6) is -1.56. The zero-order valence-corrected chi connectivity index (χ0v) is 14.5. The fourth-order valence-electron chi connectivity index (χ4n) is 3.47. The van der Waals surface area contributed by atoms with E-state index in [0.29, 0.717) is 28.5 Å². The molecule has 2 N–H and O–H groups in total. The third-order valence-electron chi connectivity index (χ3n) is 4.74. The molecule has 1 aliphatic rings. The topological polar surface area (TPSA) is 61.5 Å². The van der Waals surface area contributed by atoms with E-state index in [1.165, 1.54) is 17.4 Å². The average Bonchev–Trinajstić information content (AvgIpc) is 3.22. The highest BCUT2D eigenvalue weighted by Gasteiger charge is 2.33. The van der Waals surface area contributed by atoms with Gasteiger partial charge in [0.1, 0.15) is 5.82 Å². The summed E-state index contributed by atoms with van der Waals surface area (Å²) in [6.45, 7) is 2.60. The quantitative estimate of drug-likeness (QED) is 0.705. The molecule has 0 amide bonds. The molecule has 0 unspecified atom stereocenters. The molecule has 6 heteroatoms. The van der Waals surface area contributed by atoms with Crippen LogP contribution < -0.4 is 0 Å². The van der Waals surface area contributed by atoms with E-state index in [1.54, 1.807) is 24.3 Å². The van der Waals surface area contributed by atoms with Crippen LogP contribution in [0, 0.1) is 0 Å². The fourth-order valence-corrected chi connectivity index (χ4v) is 3.60. The van der Waals surface area contributed by atoms with Crippen molar-refractivity contribution in [2.45, 2.75) is 25.3 Å².